The van der Waals surface area contributed by atoms with Gasteiger partial charge in [0.05, 0.1) is 5.60 Å². The molecule has 0 aliphatic heterocycles. The molecule has 0 atom stereocenters. The molecule has 0 heterocycles. The molecule has 0 radical (unpaired) electrons. The molecule has 0 amide bonds. The quantitative estimate of drug-likeness (QED) is 0.628. The fourth-order valence-corrected chi connectivity index (χ4v) is 0.702. The number of ether oxygens (including phenoxy) is 1. The zero-order valence-electron chi connectivity index (χ0n) is 8.12. The van der Waals surface area contributed by atoms with Crippen LogP contribution < -0.4 is 0 Å². The fourth-order valence-electron chi connectivity index (χ4n) is 0.702. The summed E-state index contributed by atoms with van der Waals surface area (Å²) in [4.78, 5) is 0. The minimum absolute atomic E-state index is 0. The first kappa shape index (κ1) is 17.9. The van der Waals surface area contributed by atoms with Gasteiger partial charge >= 0.3 is 0 Å². The maximum absolute atomic E-state index is 5.39. The van der Waals surface area contributed by atoms with Crippen LogP contribution in [-0.2, 0) is 4.74 Å². The van der Waals surface area contributed by atoms with Crippen LogP contribution in [0.4, 0.5) is 0 Å². The number of methoxy groups -OCH3 is 1. The molecule has 1 nitrogen and oxygen atoms in total. The lowest BCUT2D eigenvalue weighted by atomic mass is 9.75. The Labute approximate surface area is 79.5 Å². The van der Waals surface area contributed by atoms with Crippen molar-refractivity contribution < 1.29 is 4.74 Å². The molecule has 0 aliphatic rings. The van der Waals surface area contributed by atoms with Crippen molar-refractivity contribution in [2.24, 2.45) is 5.41 Å². The van der Waals surface area contributed by atoms with Crippen molar-refractivity contribution in [2.75, 3.05) is 7.11 Å². The topological polar surface area (TPSA) is 9.23 Å². The third kappa shape index (κ3) is 3.57. The van der Waals surface area contributed by atoms with E-state index in [4.69, 9.17) is 4.74 Å². The normalized spacial score (nSPS) is 11.5. The van der Waals surface area contributed by atoms with E-state index in [0.717, 1.165) is 6.42 Å². The van der Waals surface area contributed by atoms with Gasteiger partial charge in [0.15, 0.2) is 0 Å². The van der Waals surface area contributed by atoms with Gasteiger partial charge in [-0.15, -0.1) is 0 Å². The van der Waals surface area contributed by atoms with Crippen molar-refractivity contribution in [3.05, 3.63) is 0 Å². The van der Waals surface area contributed by atoms with E-state index < -0.39 is 0 Å². The number of hydrogen-bond donors (Lipinski definition) is 0. The highest BCUT2D eigenvalue weighted by Gasteiger charge is 2.34. The van der Waals surface area contributed by atoms with Gasteiger partial charge in [0, 0.05) is 7.11 Å². The van der Waals surface area contributed by atoms with Gasteiger partial charge in [-0.2, -0.15) is 0 Å². The molecule has 0 N–H and O–H groups in total. The molecular formula is C11H28O. The summed E-state index contributed by atoms with van der Waals surface area (Å²) in [5.74, 6) is 0. The Kier molecular flexibility index (Phi) is 8.32. The van der Waals surface area contributed by atoms with Crippen LogP contribution in [0.1, 0.15) is 55.9 Å². The van der Waals surface area contributed by atoms with Crippen molar-refractivity contribution in [1.82, 2.24) is 0 Å². The minimum Gasteiger partial charge on any atom is -0.378 e. The van der Waals surface area contributed by atoms with E-state index in [1.54, 1.807) is 7.11 Å². The molecular weight excluding hydrogens is 148 g/mol. The minimum atomic E-state index is -0.0122. The average molecular weight is 176 g/mol. The maximum atomic E-state index is 5.39. The predicted molar refractivity (Wildman–Crippen MR) is 58.6 cm³/mol. The summed E-state index contributed by atoms with van der Waals surface area (Å²) in [7, 11) is 1.78. The first-order valence-corrected chi connectivity index (χ1v) is 3.92. The lowest BCUT2D eigenvalue weighted by Gasteiger charge is -2.39. The maximum Gasteiger partial charge on any atom is 0.0673 e. The van der Waals surface area contributed by atoms with E-state index in [-0.39, 0.29) is 25.9 Å². The monoisotopic (exact) mass is 176 g/mol. The average Bonchev–Trinajstić information content (AvgIpc) is 1.88. The van der Waals surface area contributed by atoms with Crippen LogP contribution >= 0.6 is 0 Å². The van der Waals surface area contributed by atoms with Crippen LogP contribution in [0.2, 0.25) is 0 Å². The second kappa shape index (κ2) is 5.58. The highest BCUT2D eigenvalue weighted by Crippen LogP contribution is 2.35. The SMILES string of the molecule is C.C.CCC(C)(C)C(C)(C)OC. The molecule has 0 bridgehead atoms. The van der Waals surface area contributed by atoms with E-state index in [0.29, 0.717) is 0 Å². The Morgan fingerprint density at radius 3 is 1.42 bits per heavy atom. The number of hydrogen-bond acceptors (Lipinski definition) is 1. The summed E-state index contributed by atoms with van der Waals surface area (Å²) in [5, 5.41) is 0. The van der Waals surface area contributed by atoms with E-state index in [1.807, 2.05) is 0 Å². The second-order valence-electron chi connectivity index (χ2n) is 3.95. The van der Waals surface area contributed by atoms with Gasteiger partial charge in [-0.3, -0.25) is 0 Å². The third-order valence-corrected chi connectivity index (χ3v) is 3.02. The molecule has 0 rings (SSSR count). The van der Waals surface area contributed by atoms with Gasteiger partial charge in [-0.25, -0.2) is 0 Å². The summed E-state index contributed by atoms with van der Waals surface area (Å²) in [5.41, 5.74) is 0.253. The molecule has 0 spiro atoms. The summed E-state index contributed by atoms with van der Waals surface area (Å²) in [6.07, 6.45) is 1.15. The second-order valence-corrected chi connectivity index (χ2v) is 3.95. The fraction of sp³-hybridized carbons (Fsp3) is 1.00. The molecule has 0 aromatic rings. The van der Waals surface area contributed by atoms with Crippen molar-refractivity contribution in [1.29, 1.82) is 0 Å². The Balaban J connectivity index is -0.000000405. The largest absolute Gasteiger partial charge is 0.378 e. The lowest BCUT2D eigenvalue weighted by molar-refractivity contribution is -0.0723. The smallest absolute Gasteiger partial charge is 0.0673 e. The molecule has 12 heavy (non-hydrogen) atoms. The number of rotatable bonds is 3. The van der Waals surface area contributed by atoms with E-state index in [9.17, 15) is 0 Å². The lowest BCUT2D eigenvalue weighted by Crippen LogP contribution is -2.40. The van der Waals surface area contributed by atoms with Gasteiger partial charge in [-0.1, -0.05) is 35.6 Å². The van der Waals surface area contributed by atoms with Gasteiger partial charge < -0.3 is 4.74 Å². The van der Waals surface area contributed by atoms with Gasteiger partial charge in [0.25, 0.3) is 0 Å². The zero-order chi connectivity index (χ0) is 8.41. The summed E-state index contributed by atoms with van der Waals surface area (Å²) in [6.45, 7) is 10.9. The summed E-state index contributed by atoms with van der Waals surface area (Å²) in [6, 6.07) is 0. The Morgan fingerprint density at radius 1 is 1.00 bits per heavy atom. The Morgan fingerprint density at radius 2 is 1.33 bits per heavy atom. The van der Waals surface area contributed by atoms with Gasteiger partial charge in [0.2, 0.25) is 0 Å². The van der Waals surface area contributed by atoms with Crippen LogP contribution in [0.3, 0.4) is 0 Å². The van der Waals surface area contributed by atoms with Crippen LogP contribution in [-0.4, -0.2) is 12.7 Å². The van der Waals surface area contributed by atoms with Crippen molar-refractivity contribution in [2.45, 2.75) is 61.5 Å². The van der Waals surface area contributed by atoms with E-state index in [1.165, 1.54) is 0 Å². The van der Waals surface area contributed by atoms with Crippen LogP contribution in [0.15, 0.2) is 0 Å². The van der Waals surface area contributed by atoms with E-state index in [2.05, 4.69) is 34.6 Å². The first-order valence-electron chi connectivity index (χ1n) is 3.92. The first-order chi connectivity index (χ1) is 4.37. The molecule has 0 saturated carbocycles. The van der Waals surface area contributed by atoms with Crippen molar-refractivity contribution >= 4 is 0 Å². The van der Waals surface area contributed by atoms with Gasteiger partial charge in [0.1, 0.15) is 0 Å². The Hall–Kier alpha value is -0.0400. The molecule has 0 saturated heterocycles. The molecule has 1 heteroatoms. The van der Waals surface area contributed by atoms with Crippen LogP contribution in [0.5, 0.6) is 0 Å². The van der Waals surface area contributed by atoms with Gasteiger partial charge in [-0.05, 0) is 25.7 Å². The Bertz CT molecular complexity index is 89.6. The van der Waals surface area contributed by atoms with Crippen LogP contribution in [0.25, 0.3) is 0 Å². The van der Waals surface area contributed by atoms with Crippen molar-refractivity contribution in [3.8, 4) is 0 Å². The molecule has 0 aromatic carbocycles. The molecule has 0 aromatic heterocycles. The van der Waals surface area contributed by atoms with E-state index >= 15 is 0 Å². The molecule has 0 unspecified atom stereocenters. The molecule has 0 aliphatic carbocycles. The van der Waals surface area contributed by atoms with Crippen molar-refractivity contribution in [3.63, 3.8) is 0 Å². The standard InChI is InChI=1S/C9H20O.2CH4/c1-7-8(2,3)9(4,5)10-6;;/h7H2,1-6H3;2*1H4. The predicted octanol–water partition coefficient (Wildman–Crippen LogP) is 4.12. The highest BCUT2D eigenvalue weighted by molar-refractivity contribution is 4.85. The highest BCUT2D eigenvalue weighted by atomic mass is 16.5. The third-order valence-electron chi connectivity index (χ3n) is 3.02. The zero-order valence-corrected chi connectivity index (χ0v) is 8.12. The van der Waals surface area contributed by atoms with Crippen LogP contribution in [0, 0.1) is 5.41 Å². The summed E-state index contributed by atoms with van der Waals surface area (Å²) < 4.78 is 5.39. The molecule has 78 valence electrons. The summed E-state index contributed by atoms with van der Waals surface area (Å²) >= 11 is 0. The molecule has 0 fully saturated rings.